The molecule has 2 heterocycles. The van der Waals surface area contributed by atoms with Gasteiger partial charge in [0.15, 0.2) is 0 Å². The van der Waals surface area contributed by atoms with Crippen molar-refractivity contribution in [2.45, 2.75) is 19.8 Å². The lowest BCUT2D eigenvalue weighted by molar-refractivity contribution is 0.846. The smallest absolute Gasteiger partial charge is 0.134 e. The molecule has 3 rings (SSSR count). The minimum absolute atomic E-state index is 0.758. The third-order valence-corrected chi connectivity index (χ3v) is 4.54. The highest BCUT2D eigenvalue weighted by molar-refractivity contribution is 6.30. The van der Waals surface area contributed by atoms with Gasteiger partial charge in [0.25, 0.3) is 0 Å². The van der Waals surface area contributed by atoms with Gasteiger partial charge in [-0.1, -0.05) is 23.7 Å². The van der Waals surface area contributed by atoms with E-state index in [1.54, 1.807) is 0 Å². The van der Waals surface area contributed by atoms with Gasteiger partial charge in [-0.25, -0.2) is 9.97 Å². The highest BCUT2D eigenvalue weighted by Crippen LogP contribution is 2.16. The lowest BCUT2D eigenvalue weighted by Crippen LogP contribution is -2.22. The van der Waals surface area contributed by atoms with Gasteiger partial charge in [0.05, 0.1) is 0 Å². The van der Waals surface area contributed by atoms with Crippen molar-refractivity contribution in [3.63, 3.8) is 0 Å². The van der Waals surface area contributed by atoms with Crippen LogP contribution in [0.3, 0.4) is 0 Å². The fourth-order valence-corrected chi connectivity index (χ4v) is 3.04. The Morgan fingerprint density at radius 1 is 1.00 bits per heavy atom. The van der Waals surface area contributed by atoms with Crippen molar-refractivity contribution in [3.05, 3.63) is 76.8 Å². The summed E-state index contributed by atoms with van der Waals surface area (Å²) in [7, 11) is 2.05. The summed E-state index contributed by atoms with van der Waals surface area (Å²) in [6, 6.07) is 14.0. The van der Waals surface area contributed by atoms with Crippen LogP contribution < -0.4 is 10.2 Å². The third kappa shape index (κ3) is 5.93. The summed E-state index contributed by atoms with van der Waals surface area (Å²) >= 11 is 6.04. The van der Waals surface area contributed by atoms with Gasteiger partial charge >= 0.3 is 0 Å². The van der Waals surface area contributed by atoms with Crippen LogP contribution in [-0.2, 0) is 12.8 Å². The average molecular weight is 382 g/mol. The van der Waals surface area contributed by atoms with Crippen LogP contribution in [0.15, 0.2) is 54.9 Å². The second kappa shape index (κ2) is 9.33. The summed E-state index contributed by atoms with van der Waals surface area (Å²) < 4.78 is 0. The summed E-state index contributed by atoms with van der Waals surface area (Å²) in [5.41, 5.74) is 2.47. The van der Waals surface area contributed by atoms with E-state index in [9.17, 15) is 0 Å². The van der Waals surface area contributed by atoms with Crippen LogP contribution in [0.25, 0.3) is 0 Å². The van der Waals surface area contributed by atoms with Crippen LogP contribution in [-0.4, -0.2) is 35.1 Å². The van der Waals surface area contributed by atoms with Crippen LogP contribution in [0.2, 0.25) is 5.02 Å². The fraction of sp³-hybridized carbons (Fsp3) is 0.286. The molecule has 27 heavy (non-hydrogen) atoms. The van der Waals surface area contributed by atoms with E-state index in [0.29, 0.717) is 0 Å². The second-order valence-corrected chi connectivity index (χ2v) is 6.93. The number of halogens is 1. The first-order chi connectivity index (χ1) is 13.1. The van der Waals surface area contributed by atoms with Crippen LogP contribution in [0.5, 0.6) is 0 Å². The number of hydrogen-bond acceptors (Lipinski definition) is 5. The van der Waals surface area contributed by atoms with Crippen LogP contribution in [0.4, 0.5) is 11.6 Å². The first kappa shape index (κ1) is 19.1. The van der Waals surface area contributed by atoms with Crippen molar-refractivity contribution in [1.82, 2.24) is 15.0 Å². The van der Waals surface area contributed by atoms with Crippen LogP contribution in [0.1, 0.15) is 17.0 Å². The van der Waals surface area contributed by atoms with E-state index in [0.717, 1.165) is 48.4 Å². The molecule has 0 atom stereocenters. The van der Waals surface area contributed by atoms with Crippen molar-refractivity contribution in [2.24, 2.45) is 0 Å². The molecule has 0 saturated carbocycles. The van der Waals surface area contributed by atoms with Gasteiger partial charge in [-0.15, -0.1) is 0 Å². The van der Waals surface area contributed by atoms with Crippen molar-refractivity contribution in [3.8, 4) is 0 Å². The zero-order valence-corrected chi connectivity index (χ0v) is 16.4. The number of aromatic nitrogens is 3. The maximum absolute atomic E-state index is 6.04. The molecule has 0 fully saturated rings. The van der Waals surface area contributed by atoms with Crippen molar-refractivity contribution in [1.29, 1.82) is 0 Å². The number of nitrogens with one attached hydrogen (secondary N) is 1. The maximum atomic E-state index is 6.04. The molecule has 1 N–H and O–H groups in total. The Bertz CT molecular complexity index is 869. The molecule has 0 aliphatic carbocycles. The Morgan fingerprint density at radius 2 is 1.81 bits per heavy atom. The minimum Gasteiger partial charge on any atom is -0.370 e. The van der Waals surface area contributed by atoms with Gasteiger partial charge in [0, 0.05) is 43.6 Å². The molecular formula is C21H24ClN5. The Morgan fingerprint density at radius 3 is 2.59 bits per heavy atom. The van der Waals surface area contributed by atoms with E-state index in [1.165, 1.54) is 11.1 Å². The molecule has 0 radical (unpaired) electrons. The topological polar surface area (TPSA) is 53.9 Å². The zero-order valence-electron chi connectivity index (χ0n) is 15.7. The molecule has 0 saturated heterocycles. The van der Waals surface area contributed by atoms with Gasteiger partial charge in [-0.3, -0.25) is 4.98 Å². The molecule has 0 amide bonds. The highest BCUT2D eigenvalue weighted by atomic mass is 35.5. The summed E-state index contributed by atoms with van der Waals surface area (Å²) in [6.45, 7) is 3.59. The lowest BCUT2D eigenvalue weighted by Gasteiger charge is -2.19. The summed E-state index contributed by atoms with van der Waals surface area (Å²) in [5.74, 6) is 2.52. The predicted molar refractivity (Wildman–Crippen MR) is 112 cm³/mol. The quantitative estimate of drug-likeness (QED) is 0.634. The van der Waals surface area contributed by atoms with E-state index in [2.05, 4.69) is 38.3 Å². The number of aryl methyl sites for hydroxylation is 1. The van der Waals surface area contributed by atoms with Crippen LogP contribution >= 0.6 is 11.6 Å². The molecule has 6 heteroatoms. The van der Waals surface area contributed by atoms with Crippen molar-refractivity contribution < 1.29 is 0 Å². The molecule has 0 bridgehead atoms. The van der Waals surface area contributed by atoms with Gasteiger partial charge < -0.3 is 10.2 Å². The van der Waals surface area contributed by atoms with Crippen molar-refractivity contribution in [2.75, 3.05) is 30.4 Å². The second-order valence-electron chi connectivity index (χ2n) is 6.49. The van der Waals surface area contributed by atoms with E-state index < -0.39 is 0 Å². The van der Waals surface area contributed by atoms with Gasteiger partial charge in [-0.2, -0.15) is 0 Å². The van der Waals surface area contributed by atoms with E-state index in [4.69, 9.17) is 11.6 Å². The maximum Gasteiger partial charge on any atom is 0.134 e. The number of pyridine rings is 1. The lowest BCUT2D eigenvalue weighted by atomic mass is 10.1. The largest absolute Gasteiger partial charge is 0.370 e. The summed E-state index contributed by atoms with van der Waals surface area (Å²) in [5, 5.41) is 4.16. The monoisotopic (exact) mass is 381 g/mol. The Kier molecular flexibility index (Phi) is 6.60. The molecule has 1 aromatic carbocycles. The minimum atomic E-state index is 0.758. The van der Waals surface area contributed by atoms with Crippen LogP contribution in [0, 0.1) is 6.92 Å². The molecule has 140 valence electrons. The number of anilines is 2. The van der Waals surface area contributed by atoms with E-state index >= 15 is 0 Å². The summed E-state index contributed by atoms with van der Waals surface area (Å²) in [4.78, 5) is 15.3. The Labute approximate surface area is 165 Å². The molecular weight excluding hydrogens is 358 g/mol. The van der Waals surface area contributed by atoms with Gasteiger partial charge in [0.2, 0.25) is 0 Å². The number of likely N-dealkylation sites (N-methyl/N-ethyl adjacent to an activating group) is 1. The molecule has 3 aromatic rings. The molecule has 0 aliphatic heterocycles. The first-order valence-corrected chi connectivity index (χ1v) is 9.42. The number of benzene rings is 1. The Balaban J connectivity index is 1.58. The standard InChI is InChI=1S/C21H24ClN5/c1-16-25-20(24-12-8-18-4-3-5-19(22)14-18)15-21(26-16)27(2)13-9-17-6-10-23-11-7-17/h3-7,10-11,14-15H,8-9,12-13H2,1-2H3,(H,24,25,26). The highest BCUT2D eigenvalue weighted by Gasteiger charge is 2.07. The average Bonchev–Trinajstić information content (AvgIpc) is 2.66. The molecule has 0 unspecified atom stereocenters. The summed E-state index contributed by atoms with van der Waals surface area (Å²) in [6.07, 6.45) is 5.48. The normalized spacial score (nSPS) is 10.6. The first-order valence-electron chi connectivity index (χ1n) is 9.04. The number of nitrogens with zero attached hydrogens (tertiary/aromatic N) is 4. The number of hydrogen-bond donors (Lipinski definition) is 1. The molecule has 2 aromatic heterocycles. The molecule has 0 spiro atoms. The van der Waals surface area contributed by atoms with Gasteiger partial charge in [0.1, 0.15) is 17.5 Å². The zero-order chi connectivity index (χ0) is 19.1. The van der Waals surface area contributed by atoms with Crippen molar-refractivity contribution >= 4 is 23.2 Å². The molecule has 5 nitrogen and oxygen atoms in total. The molecule has 0 aliphatic rings. The Hall–Kier alpha value is -2.66. The predicted octanol–water partition coefficient (Wildman–Crippen LogP) is 4.17. The van der Waals surface area contributed by atoms with E-state index in [1.807, 2.05) is 55.7 Å². The SMILES string of the molecule is Cc1nc(NCCc2cccc(Cl)c2)cc(N(C)CCc2ccncc2)n1. The van der Waals surface area contributed by atoms with Gasteiger partial charge in [-0.05, 0) is 55.2 Å². The van der Waals surface area contributed by atoms with E-state index in [-0.39, 0.29) is 0 Å². The third-order valence-electron chi connectivity index (χ3n) is 4.31. The fourth-order valence-electron chi connectivity index (χ4n) is 2.83. The number of rotatable bonds is 8.